The zero-order valence-corrected chi connectivity index (χ0v) is 66.7. The molecule has 2 aliphatic rings. The molecular weight excluding hydrogens is 1530 g/mol. The van der Waals surface area contributed by atoms with Crippen LogP contribution < -0.4 is 70.0 Å². The first-order valence-corrected chi connectivity index (χ1v) is 38.4. The fraction of sp³-hybridized carbons (Fsp3) is 0.456. The van der Waals surface area contributed by atoms with E-state index in [0.717, 1.165) is 19.6 Å². The Balaban J connectivity index is 1.26. The Kier molecular flexibility index (Phi) is 34.5. The van der Waals surface area contributed by atoms with E-state index < -0.39 is 219 Å². The number of aliphatic hydroxyl groups is 1. The summed E-state index contributed by atoms with van der Waals surface area (Å²) in [4.78, 5) is 237. The predicted molar refractivity (Wildman–Crippen MR) is 427 cm³/mol. The number of fused-ring (bicyclic) bond motifs is 2. The van der Waals surface area contributed by atoms with Crippen LogP contribution in [0.5, 0.6) is 5.75 Å². The number of hydrogen-bond acceptors (Lipinski definition) is 20. The number of primary amides is 1. The number of phenolic OH excluding ortho intramolecular Hbond substituents is 1. The Morgan fingerprint density at radius 1 is 0.576 bits per heavy atom. The van der Waals surface area contributed by atoms with Gasteiger partial charge in [-0.25, -0.2) is 0 Å². The number of H-pyrrole nitrogens is 1. The zero-order chi connectivity index (χ0) is 86.6. The number of benzene rings is 4. The molecule has 1 aromatic heterocycles. The number of aliphatic carboxylic acids is 1. The molecule has 4 aromatic carbocycles. The Labute approximate surface area is 680 Å². The molecule has 39 nitrogen and oxygen atoms in total. The lowest BCUT2D eigenvalue weighted by Gasteiger charge is -2.35. The summed E-state index contributed by atoms with van der Waals surface area (Å²) in [6.45, 7) is -0.527. The second kappa shape index (κ2) is 44.1. The standard InChI is InChI=1S/C79H106N20O19/c1-44(2)67-73(113)93-58(43-100)70(110)87-41-64(104)88-53(24-16-30-84-79(81)82)74(114)97(6)60(33-46-18-10-8-11-19-46)77(117)95(4)42-65(105)90-55(32-48-26-28-50(101)29-27-48)76(116)98(7)61(34-47-20-12-9-13-21-47)78(118)99-31-17-25-59(99)72(112)92-57(69(109)86-39-62(80)102)38-83-40-63(103)89-56(35-49-37-85-52-23-15-14-22-51(49)52)75(115)96(5)45(3)68(108)91-54(36-66(106)107)71(111)94-67/h8-15,18-23,26-29,37,44-45,53-61,67,83,85,100-101H,16-17,24-25,30-36,38-43H2,1-7H3,(H2,80,102)(H,86,109)(H,87,110)(H,88,104)(H,89,103)(H,90,105)(H,91,108)(H,92,112)(H,93,113)(H,94,111)(H,106,107)(H4,81,82,84)/t45-,53-,54-,55-,56+,57-,58-,59-,60-,61-,67-/m0/s1. The number of aromatic amines is 1. The fourth-order valence-electron chi connectivity index (χ4n) is 13.5. The molecule has 0 spiro atoms. The quantitative estimate of drug-likeness (QED) is 0.0210. The number of hydrogen-bond donors (Lipinski definition) is 18. The smallest absolute Gasteiger partial charge is 0.305 e. The number of aliphatic hydroxyl groups excluding tert-OH is 1. The van der Waals surface area contributed by atoms with E-state index in [0.29, 0.717) is 33.2 Å². The Hall–Kier alpha value is -13.1. The van der Waals surface area contributed by atoms with E-state index in [-0.39, 0.29) is 70.2 Å². The molecule has 3 heterocycles. The predicted octanol–water partition coefficient (Wildman–Crippen LogP) is -4.80. The van der Waals surface area contributed by atoms with Crippen LogP contribution in [0, 0.1) is 11.3 Å². The van der Waals surface area contributed by atoms with Crippen molar-refractivity contribution in [3.05, 3.63) is 138 Å². The summed E-state index contributed by atoms with van der Waals surface area (Å²) in [6.07, 6.45) is -0.129. The molecular formula is C79H106N20O19. The van der Waals surface area contributed by atoms with Gasteiger partial charge < -0.3 is 115 Å². The molecule has 0 saturated carbocycles. The largest absolute Gasteiger partial charge is 0.508 e. The number of carboxylic acids is 1. The monoisotopic (exact) mass is 1640 g/mol. The third-order valence-electron chi connectivity index (χ3n) is 20.2. The van der Waals surface area contributed by atoms with Crippen molar-refractivity contribution in [1.29, 1.82) is 5.41 Å². The fourth-order valence-corrected chi connectivity index (χ4v) is 13.5. The highest BCUT2D eigenvalue weighted by molar-refractivity contribution is 6.01. The van der Waals surface area contributed by atoms with Crippen LogP contribution in [0.3, 0.4) is 0 Å². The summed E-state index contributed by atoms with van der Waals surface area (Å²) in [6, 6.07) is 12.4. The molecule has 5 aromatic rings. The van der Waals surface area contributed by atoms with Crippen molar-refractivity contribution in [3.63, 3.8) is 0 Å². The maximum Gasteiger partial charge on any atom is 0.305 e. The number of phenols is 1. The minimum atomic E-state index is -1.95. The second-order valence-electron chi connectivity index (χ2n) is 29.3. The summed E-state index contributed by atoms with van der Waals surface area (Å²) in [5.41, 5.74) is 13.6. The lowest BCUT2D eigenvalue weighted by atomic mass is 10.00. The van der Waals surface area contributed by atoms with Crippen molar-refractivity contribution in [3.8, 4) is 5.75 Å². The van der Waals surface area contributed by atoms with Crippen LogP contribution in [-0.4, -0.2) is 292 Å². The number of guanidine groups is 1. The van der Waals surface area contributed by atoms with E-state index in [1.54, 1.807) is 91.1 Å². The molecule has 11 atom stereocenters. The molecule has 20 N–H and O–H groups in total. The van der Waals surface area contributed by atoms with Gasteiger partial charge in [-0.15, -0.1) is 0 Å². The molecule has 2 saturated heterocycles. The molecule has 0 bridgehead atoms. The van der Waals surface area contributed by atoms with Crippen LogP contribution in [0.2, 0.25) is 0 Å². The van der Waals surface area contributed by atoms with Crippen LogP contribution in [0.25, 0.3) is 10.9 Å². The first kappa shape index (κ1) is 92.1. The number of carbonyl (C=O) groups is 16. The number of aromatic hydroxyl groups is 1. The lowest BCUT2D eigenvalue weighted by Crippen LogP contribution is -2.61. The number of likely N-dealkylation sites (N-methyl/N-ethyl adjacent to an activating group) is 4. The maximum atomic E-state index is 15.5. The van der Waals surface area contributed by atoms with E-state index >= 15 is 14.4 Å². The van der Waals surface area contributed by atoms with Gasteiger partial charge in [0.2, 0.25) is 88.6 Å². The number of carbonyl (C=O) groups excluding carboxylic acids is 15. The molecule has 636 valence electrons. The van der Waals surface area contributed by atoms with E-state index in [1.807, 2.05) is 0 Å². The molecule has 39 heteroatoms. The third kappa shape index (κ3) is 26.8. The Bertz CT molecular complexity index is 4440. The van der Waals surface area contributed by atoms with Crippen molar-refractivity contribution in [2.75, 3.05) is 80.6 Å². The number of carboxylic acid groups (broad SMARTS) is 1. The van der Waals surface area contributed by atoms with Gasteiger partial charge in [-0.1, -0.05) is 105 Å². The molecule has 2 fully saturated rings. The van der Waals surface area contributed by atoms with Crippen LogP contribution in [0.1, 0.15) is 75.1 Å². The molecule has 0 radical (unpaired) electrons. The number of nitrogens with zero attached hydrogens (tertiary/aromatic N) is 5. The second-order valence-corrected chi connectivity index (χ2v) is 29.3. The normalized spacial score (nSPS) is 23.2. The van der Waals surface area contributed by atoms with Crippen molar-refractivity contribution >= 4 is 111 Å². The number of para-hydroxylation sites is 1. The number of aromatic nitrogens is 1. The lowest BCUT2D eigenvalue weighted by molar-refractivity contribution is -0.149. The summed E-state index contributed by atoms with van der Waals surface area (Å²) in [7, 11) is 5.08. The van der Waals surface area contributed by atoms with Crippen molar-refractivity contribution in [1.82, 2.24) is 88.0 Å². The van der Waals surface area contributed by atoms with Gasteiger partial charge in [0.25, 0.3) is 0 Å². The number of nitrogens with two attached hydrogens (primary N) is 2. The average molecular weight is 1640 g/mol. The summed E-state index contributed by atoms with van der Waals surface area (Å²) in [5.74, 6) is -17.3. The van der Waals surface area contributed by atoms with Crippen LogP contribution in [-0.2, 0) is 102 Å². The number of amides is 15. The molecule has 0 unspecified atom stereocenters. The van der Waals surface area contributed by atoms with Crippen molar-refractivity contribution < 1.29 is 92.0 Å². The van der Waals surface area contributed by atoms with Crippen molar-refractivity contribution in [2.24, 2.45) is 17.4 Å². The Morgan fingerprint density at radius 2 is 1.14 bits per heavy atom. The highest BCUT2D eigenvalue weighted by Gasteiger charge is 2.44. The maximum absolute atomic E-state index is 15.5. The van der Waals surface area contributed by atoms with Gasteiger partial charge in [-0.05, 0) is 79.0 Å². The SMILES string of the molecule is CC(C)[C@@H]1NC(=O)[C@H](CC(=O)O)NC(=O)[C@H](C)N(C)C(=O)[C@@H](Cc2c[nH]c3ccccc23)NC(=O)CNC[C@@H](C(=O)NCC(N)=O)NC(=O)[C@@H]2CCCN2C(=O)[C@H](Cc2ccccc2)N(C)C(=O)[C@H](Cc2ccc(O)cc2)NC(=O)CN(C)C(=O)[C@H](Cc2ccccc2)N(C)C(=O)[C@H](CCCNC(=N)N)NC(=O)CNC(=O)[C@H](CO)NC1=O. The van der Waals surface area contributed by atoms with Crippen LogP contribution in [0.4, 0.5) is 0 Å². The summed E-state index contributed by atoms with van der Waals surface area (Å²) >= 11 is 0. The van der Waals surface area contributed by atoms with Gasteiger partial charge in [-0.3, -0.25) is 82.1 Å². The summed E-state index contributed by atoms with van der Waals surface area (Å²) < 4.78 is 0. The molecule has 15 amide bonds. The van der Waals surface area contributed by atoms with Crippen LogP contribution >= 0.6 is 0 Å². The topological polar surface area (TPSA) is 574 Å². The third-order valence-corrected chi connectivity index (χ3v) is 20.2. The first-order valence-electron chi connectivity index (χ1n) is 38.4. The molecule has 2 aliphatic heterocycles. The van der Waals surface area contributed by atoms with Gasteiger partial charge in [0.05, 0.1) is 39.2 Å². The summed E-state index contributed by atoms with van der Waals surface area (Å²) in [5, 5.41) is 66.8. The van der Waals surface area contributed by atoms with E-state index in [9.17, 15) is 77.6 Å². The van der Waals surface area contributed by atoms with E-state index in [4.69, 9.17) is 16.9 Å². The molecule has 7 rings (SSSR count). The van der Waals surface area contributed by atoms with Gasteiger partial charge in [0.1, 0.15) is 72.2 Å². The minimum absolute atomic E-state index is 0.0117. The number of rotatable bonds is 19. The average Bonchev–Trinajstić information content (AvgIpc) is 1.45. The van der Waals surface area contributed by atoms with Crippen molar-refractivity contribution in [2.45, 2.75) is 145 Å². The first-order chi connectivity index (χ1) is 56.0. The Morgan fingerprint density at radius 3 is 1.75 bits per heavy atom. The zero-order valence-electron chi connectivity index (χ0n) is 66.7. The van der Waals surface area contributed by atoms with Gasteiger partial charge in [0.15, 0.2) is 5.96 Å². The molecule has 118 heavy (non-hydrogen) atoms. The van der Waals surface area contributed by atoms with Gasteiger partial charge >= 0.3 is 5.97 Å². The van der Waals surface area contributed by atoms with Gasteiger partial charge in [-0.2, -0.15) is 0 Å². The minimum Gasteiger partial charge on any atom is -0.508 e. The highest BCUT2D eigenvalue weighted by Crippen LogP contribution is 2.25. The molecule has 0 aliphatic carbocycles. The number of nitrogens with one attached hydrogen (secondary N) is 13. The van der Waals surface area contributed by atoms with Crippen LogP contribution in [0.15, 0.2) is 115 Å². The van der Waals surface area contributed by atoms with E-state index in [2.05, 4.69) is 63.5 Å². The highest BCUT2D eigenvalue weighted by atomic mass is 16.4. The van der Waals surface area contributed by atoms with E-state index in [1.165, 1.54) is 78.1 Å². The van der Waals surface area contributed by atoms with Gasteiger partial charge in [0, 0.05) is 90.6 Å².